The molecule has 146 valence electrons. The van der Waals surface area contributed by atoms with Crippen molar-refractivity contribution < 1.29 is 4.79 Å². The molecule has 28 heavy (non-hydrogen) atoms. The van der Waals surface area contributed by atoms with Crippen LogP contribution < -0.4 is 5.32 Å². The van der Waals surface area contributed by atoms with Crippen LogP contribution in [-0.4, -0.2) is 21.9 Å². The molecule has 2 unspecified atom stereocenters. The molecule has 0 spiro atoms. The lowest BCUT2D eigenvalue weighted by Gasteiger charge is -2.40. The lowest BCUT2D eigenvalue weighted by molar-refractivity contribution is -0.131. The number of nitrogens with zero attached hydrogens (tertiary/aromatic N) is 4. The Kier molecular flexibility index (Phi) is 4.23. The van der Waals surface area contributed by atoms with Gasteiger partial charge in [0, 0.05) is 11.5 Å². The molecule has 1 aromatic heterocycles. The van der Waals surface area contributed by atoms with Crippen molar-refractivity contribution in [2.45, 2.75) is 89.0 Å². The Morgan fingerprint density at radius 1 is 0.964 bits per heavy atom. The van der Waals surface area contributed by atoms with E-state index in [1.807, 2.05) is 12.1 Å². The molecule has 2 saturated carbocycles. The van der Waals surface area contributed by atoms with Crippen LogP contribution in [-0.2, 0) is 15.6 Å². The van der Waals surface area contributed by atoms with Gasteiger partial charge in [0.05, 0.1) is 16.8 Å². The SMILES string of the molecule is CC12CCC(C(=O)NC3CCCCCC3)(c3nc(C#N)c(C#N)nc31)C2(C)C. The summed E-state index contributed by atoms with van der Waals surface area (Å²) in [6.07, 6.45) is 8.35. The van der Waals surface area contributed by atoms with E-state index in [0.717, 1.165) is 37.8 Å². The highest BCUT2D eigenvalue weighted by atomic mass is 16.2. The fraction of sp³-hybridized carbons (Fsp3) is 0.682. The number of nitrogens with one attached hydrogen (secondary N) is 1. The van der Waals surface area contributed by atoms with Crippen LogP contribution in [0.3, 0.4) is 0 Å². The summed E-state index contributed by atoms with van der Waals surface area (Å²) in [5.41, 5.74) is -0.0906. The van der Waals surface area contributed by atoms with Crippen molar-refractivity contribution in [1.29, 1.82) is 10.5 Å². The van der Waals surface area contributed by atoms with Crippen LogP contribution in [0.5, 0.6) is 0 Å². The van der Waals surface area contributed by atoms with Crippen molar-refractivity contribution in [3.8, 4) is 12.1 Å². The van der Waals surface area contributed by atoms with Gasteiger partial charge in [-0.05, 0) is 31.1 Å². The molecule has 0 aromatic carbocycles. The van der Waals surface area contributed by atoms with Crippen LogP contribution in [0.25, 0.3) is 0 Å². The first-order chi connectivity index (χ1) is 13.3. The van der Waals surface area contributed by atoms with Crippen molar-refractivity contribution in [1.82, 2.24) is 15.3 Å². The third kappa shape index (κ3) is 2.21. The molecule has 1 aromatic rings. The first kappa shape index (κ1) is 18.9. The van der Waals surface area contributed by atoms with Crippen LogP contribution in [0, 0.1) is 28.1 Å². The zero-order valence-electron chi connectivity index (χ0n) is 16.9. The Morgan fingerprint density at radius 2 is 1.54 bits per heavy atom. The second-order valence-corrected chi connectivity index (χ2v) is 9.37. The summed E-state index contributed by atoms with van der Waals surface area (Å²) in [5.74, 6) is 0.0229. The lowest BCUT2D eigenvalue weighted by Crippen LogP contribution is -2.53. The molecule has 3 aliphatic rings. The highest BCUT2D eigenvalue weighted by Gasteiger charge is 2.73. The number of hydrogen-bond acceptors (Lipinski definition) is 5. The molecule has 0 radical (unpaired) electrons. The molecule has 0 aliphatic heterocycles. The summed E-state index contributed by atoms with van der Waals surface area (Å²) >= 11 is 0. The fourth-order valence-corrected chi connectivity index (χ4v) is 5.87. The highest BCUT2D eigenvalue weighted by Crippen LogP contribution is 2.70. The Morgan fingerprint density at radius 3 is 2.11 bits per heavy atom. The van der Waals surface area contributed by atoms with Crippen LogP contribution in [0.2, 0.25) is 0 Å². The Hall–Kier alpha value is -2.47. The molecule has 2 atom stereocenters. The Balaban J connectivity index is 1.82. The van der Waals surface area contributed by atoms with Gasteiger partial charge in [0.25, 0.3) is 0 Å². The molecule has 2 bridgehead atoms. The zero-order chi connectivity index (χ0) is 20.2. The summed E-state index contributed by atoms with van der Waals surface area (Å²) in [4.78, 5) is 22.9. The number of hydrogen-bond donors (Lipinski definition) is 1. The number of aromatic nitrogens is 2. The lowest BCUT2D eigenvalue weighted by atomic mass is 9.63. The third-order valence-electron chi connectivity index (χ3n) is 8.06. The predicted octanol–water partition coefficient (Wildman–Crippen LogP) is 3.39. The van der Waals surface area contributed by atoms with Crippen LogP contribution in [0.4, 0.5) is 0 Å². The maximum absolute atomic E-state index is 13.8. The highest BCUT2D eigenvalue weighted by molar-refractivity contribution is 5.92. The minimum Gasteiger partial charge on any atom is -0.353 e. The molecule has 2 fully saturated rings. The monoisotopic (exact) mass is 377 g/mol. The number of nitriles is 2. The Bertz CT molecular complexity index is 916. The van der Waals surface area contributed by atoms with Gasteiger partial charge in [0.1, 0.15) is 12.1 Å². The van der Waals surface area contributed by atoms with Gasteiger partial charge >= 0.3 is 0 Å². The number of rotatable bonds is 2. The maximum Gasteiger partial charge on any atom is 0.233 e. The van der Waals surface area contributed by atoms with Crippen LogP contribution >= 0.6 is 0 Å². The molecule has 6 heteroatoms. The van der Waals surface area contributed by atoms with E-state index in [4.69, 9.17) is 0 Å². The molecule has 1 N–H and O–H groups in total. The second-order valence-electron chi connectivity index (χ2n) is 9.37. The largest absolute Gasteiger partial charge is 0.353 e. The number of carbonyl (C=O) groups is 1. The maximum atomic E-state index is 13.8. The van der Waals surface area contributed by atoms with Gasteiger partial charge in [0.2, 0.25) is 5.91 Å². The van der Waals surface area contributed by atoms with Gasteiger partial charge in [-0.15, -0.1) is 0 Å². The van der Waals surface area contributed by atoms with E-state index in [-0.39, 0.29) is 28.8 Å². The van der Waals surface area contributed by atoms with E-state index in [1.165, 1.54) is 12.8 Å². The summed E-state index contributed by atoms with van der Waals surface area (Å²) in [6, 6.07) is 4.20. The van der Waals surface area contributed by atoms with E-state index in [1.54, 1.807) is 0 Å². The van der Waals surface area contributed by atoms with Gasteiger partial charge in [-0.1, -0.05) is 46.5 Å². The van der Waals surface area contributed by atoms with Crippen LogP contribution in [0.1, 0.15) is 94.9 Å². The topological polar surface area (TPSA) is 102 Å². The van der Waals surface area contributed by atoms with Gasteiger partial charge in [0.15, 0.2) is 11.4 Å². The van der Waals surface area contributed by atoms with Crippen molar-refractivity contribution >= 4 is 5.91 Å². The third-order valence-corrected chi connectivity index (χ3v) is 8.06. The van der Waals surface area contributed by atoms with Crippen molar-refractivity contribution in [2.75, 3.05) is 0 Å². The minimum atomic E-state index is -0.796. The molecule has 0 saturated heterocycles. The van der Waals surface area contributed by atoms with Crippen molar-refractivity contribution in [3.05, 3.63) is 22.8 Å². The van der Waals surface area contributed by atoms with E-state index in [9.17, 15) is 15.3 Å². The van der Waals surface area contributed by atoms with Crippen LogP contribution in [0.15, 0.2) is 0 Å². The second kappa shape index (κ2) is 6.27. The summed E-state index contributed by atoms with van der Waals surface area (Å²) in [5, 5.41) is 22.2. The Labute approximate surface area is 166 Å². The predicted molar refractivity (Wildman–Crippen MR) is 103 cm³/mol. The zero-order valence-corrected chi connectivity index (χ0v) is 16.9. The molecule has 1 amide bonds. The molecular formula is C22H27N5O. The summed E-state index contributed by atoms with van der Waals surface area (Å²) < 4.78 is 0. The smallest absolute Gasteiger partial charge is 0.233 e. The van der Waals surface area contributed by atoms with E-state index in [0.29, 0.717) is 12.1 Å². The summed E-state index contributed by atoms with van der Waals surface area (Å²) in [7, 11) is 0. The molecular weight excluding hydrogens is 350 g/mol. The van der Waals surface area contributed by atoms with E-state index < -0.39 is 10.8 Å². The average Bonchev–Trinajstić information content (AvgIpc) is 2.88. The van der Waals surface area contributed by atoms with E-state index >= 15 is 0 Å². The molecule has 6 nitrogen and oxygen atoms in total. The molecule has 1 heterocycles. The number of amides is 1. The normalized spacial score (nSPS) is 30.8. The first-order valence-electron chi connectivity index (χ1n) is 10.4. The first-order valence-corrected chi connectivity index (χ1v) is 10.4. The average molecular weight is 377 g/mol. The van der Waals surface area contributed by atoms with Gasteiger partial charge in [-0.3, -0.25) is 4.79 Å². The number of carbonyl (C=O) groups excluding carboxylic acids is 1. The minimum absolute atomic E-state index is 0.0229. The summed E-state index contributed by atoms with van der Waals surface area (Å²) in [6.45, 7) is 6.36. The molecule has 4 rings (SSSR count). The van der Waals surface area contributed by atoms with E-state index in [2.05, 4.69) is 36.1 Å². The van der Waals surface area contributed by atoms with Crippen molar-refractivity contribution in [2.24, 2.45) is 5.41 Å². The van der Waals surface area contributed by atoms with Gasteiger partial charge in [-0.2, -0.15) is 10.5 Å². The van der Waals surface area contributed by atoms with Crippen molar-refractivity contribution in [3.63, 3.8) is 0 Å². The number of fused-ring (bicyclic) bond motifs is 5. The fourth-order valence-electron chi connectivity index (χ4n) is 5.87. The van der Waals surface area contributed by atoms with Gasteiger partial charge in [-0.25, -0.2) is 9.97 Å². The molecule has 3 aliphatic carbocycles. The van der Waals surface area contributed by atoms with Gasteiger partial charge < -0.3 is 5.32 Å². The standard InChI is InChI=1S/C22H27N5O/c1-20(2)21(3)10-11-22(20,19(28)25-14-8-6-4-5-7-9-14)18-17(21)26-15(12-23)16(13-24)27-18/h14H,4-11H2,1-3H3,(H,25,28). The quantitative estimate of drug-likeness (QED) is 0.796.